The molecule has 0 spiro atoms. The molecule has 0 aliphatic heterocycles. The van der Waals surface area contributed by atoms with Crippen molar-refractivity contribution in [1.82, 2.24) is 15.0 Å². The summed E-state index contributed by atoms with van der Waals surface area (Å²) in [4.78, 5) is 4.79. The van der Waals surface area contributed by atoms with Crippen LogP contribution >= 0.6 is 12.2 Å². The highest BCUT2D eigenvalue weighted by molar-refractivity contribution is 7.80. The number of para-hydroxylation sites is 1. The maximum Gasteiger partial charge on any atom is 0.422 e. The normalized spacial score (nSPS) is 11.8. The average molecular weight is 562 g/mol. The average Bonchev–Trinajstić information content (AvgIpc) is 3.25. The minimum Gasteiger partial charge on any atom is -0.484 e. The molecule has 6 nitrogen and oxygen atoms in total. The minimum atomic E-state index is -4.39. The molecular formula is C30H26F3N5OS. The highest BCUT2D eigenvalue weighted by Gasteiger charge is 2.28. The molecule has 0 aliphatic rings. The fourth-order valence-electron chi connectivity index (χ4n) is 4.59. The van der Waals surface area contributed by atoms with Crippen molar-refractivity contribution in [2.75, 3.05) is 11.9 Å². The van der Waals surface area contributed by atoms with Gasteiger partial charge in [0.15, 0.2) is 11.7 Å². The molecule has 0 bridgehead atoms. The summed E-state index contributed by atoms with van der Waals surface area (Å²) >= 11 is 5.39. The van der Waals surface area contributed by atoms with Gasteiger partial charge >= 0.3 is 6.18 Å². The number of ether oxygens (including phenoxy) is 1. The molecule has 10 heteroatoms. The van der Waals surface area contributed by atoms with E-state index in [0.29, 0.717) is 5.11 Å². The van der Waals surface area contributed by atoms with Gasteiger partial charge in [-0.15, -0.1) is 0 Å². The predicted molar refractivity (Wildman–Crippen MR) is 158 cm³/mol. The van der Waals surface area contributed by atoms with Crippen molar-refractivity contribution in [3.05, 3.63) is 95.3 Å². The van der Waals surface area contributed by atoms with Gasteiger partial charge < -0.3 is 10.1 Å². The summed E-state index contributed by atoms with van der Waals surface area (Å²) in [6.07, 6.45) is -2.68. The zero-order chi connectivity index (χ0) is 28.4. The molecular weight excluding hydrogens is 535 g/mol. The summed E-state index contributed by atoms with van der Waals surface area (Å²) < 4.78 is 44.2. The third-order valence-electron chi connectivity index (χ3n) is 6.43. The van der Waals surface area contributed by atoms with Crippen LogP contribution in [0.4, 0.5) is 18.9 Å². The van der Waals surface area contributed by atoms with Crippen LogP contribution in [0.3, 0.4) is 0 Å². The SMILES string of the molecule is Cc1cccc(C)c1NC(=S)NN=Cc1ccc2c(ccc3c2nc(C)n3-c2ccc(OCC(F)(F)F)cc2)c1. The first-order chi connectivity index (χ1) is 19.1. The van der Waals surface area contributed by atoms with E-state index in [1.165, 1.54) is 12.1 Å². The second kappa shape index (κ2) is 11.0. The van der Waals surface area contributed by atoms with E-state index in [1.54, 1.807) is 18.3 Å². The van der Waals surface area contributed by atoms with Crippen molar-refractivity contribution in [3.63, 3.8) is 0 Å². The fourth-order valence-corrected chi connectivity index (χ4v) is 4.74. The van der Waals surface area contributed by atoms with E-state index in [-0.39, 0.29) is 5.75 Å². The smallest absolute Gasteiger partial charge is 0.422 e. The minimum absolute atomic E-state index is 0.152. The van der Waals surface area contributed by atoms with Gasteiger partial charge in [-0.3, -0.25) is 9.99 Å². The van der Waals surface area contributed by atoms with Crippen molar-refractivity contribution in [2.45, 2.75) is 26.9 Å². The largest absolute Gasteiger partial charge is 0.484 e. The number of nitrogens with one attached hydrogen (secondary N) is 2. The molecule has 5 rings (SSSR count). The van der Waals surface area contributed by atoms with Crippen LogP contribution in [0, 0.1) is 20.8 Å². The lowest BCUT2D eigenvalue weighted by Crippen LogP contribution is -2.24. The lowest BCUT2D eigenvalue weighted by Gasteiger charge is -2.12. The number of benzene rings is 4. The van der Waals surface area contributed by atoms with E-state index in [2.05, 4.69) is 15.8 Å². The Balaban J connectivity index is 1.33. The molecule has 0 radical (unpaired) electrons. The Morgan fingerprint density at radius 3 is 2.42 bits per heavy atom. The van der Waals surface area contributed by atoms with Gasteiger partial charge in [-0.2, -0.15) is 18.3 Å². The van der Waals surface area contributed by atoms with E-state index in [1.807, 2.05) is 73.9 Å². The highest BCUT2D eigenvalue weighted by Crippen LogP contribution is 2.29. The second-order valence-electron chi connectivity index (χ2n) is 9.40. The van der Waals surface area contributed by atoms with Crippen LogP contribution < -0.4 is 15.5 Å². The lowest BCUT2D eigenvalue weighted by molar-refractivity contribution is -0.153. The Hall–Kier alpha value is -4.44. The summed E-state index contributed by atoms with van der Waals surface area (Å²) in [6.45, 7) is 4.60. The number of nitrogens with zero attached hydrogens (tertiary/aromatic N) is 3. The Labute approximate surface area is 234 Å². The van der Waals surface area contributed by atoms with Crippen molar-refractivity contribution in [2.24, 2.45) is 5.10 Å². The van der Waals surface area contributed by atoms with Gasteiger partial charge in [0.25, 0.3) is 0 Å². The van der Waals surface area contributed by atoms with E-state index >= 15 is 0 Å². The van der Waals surface area contributed by atoms with E-state index in [0.717, 1.165) is 55.7 Å². The third-order valence-corrected chi connectivity index (χ3v) is 6.62. The molecule has 0 amide bonds. The van der Waals surface area contributed by atoms with E-state index in [9.17, 15) is 13.2 Å². The first-order valence-electron chi connectivity index (χ1n) is 12.5. The quantitative estimate of drug-likeness (QED) is 0.129. The maximum atomic E-state index is 12.5. The number of hydrazone groups is 1. The van der Waals surface area contributed by atoms with Gasteiger partial charge in [0.2, 0.25) is 0 Å². The number of rotatable bonds is 6. The monoisotopic (exact) mass is 561 g/mol. The standard InChI is InChI=1S/C30H26F3N5OS/c1-18-5-4-6-19(2)27(18)36-29(40)37-34-16-21-7-13-25-22(15-21)8-14-26-28(25)35-20(3)38(26)23-9-11-24(12-10-23)39-17-30(31,32)33/h4-16H,17H2,1-3H3,(H2,36,37,40). The van der Waals surface area contributed by atoms with Crippen molar-refractivity contribution in [3.8, 4) is 11.4 Å². The molecule has 0 aliphatic carbocycles. The molecule has 40 heavy (non-hydrogen) atoms. The first kappa shape index (κ1) is 27.1. The van der Waals surface area contributed by atoms with Gasteiger partial charge in [0, 0.05) is 16.8 Å². The molecule has 0 saturated heterocycles. The van der Waals surface area contributed by atoms with Crippen LogP contribution in [-0.2, 0) is 0 Å². The number of aryl methyl sites for hydroxylation is 3. The van der Waals surface area contributed by atoms with Gasteiger partial charge in [0.1, 0.15) is 11.6 Å². The summed E-state index contributed by atoms with van der Waals surface area (Å²) in [7, 11) is 0. The van der Waals surface area contributed by atoms with Crippen LogP contribution in [0.2, 0.25) is 0 Å². The number of fused-ring (bicyclic) bond motifs is 3. The summed E-state index contributed by atoms with van der Waals surface area (Å²) in [5, 5.41) is 9.85. The number of alkyl halides is 3. The summed E-state index contributed by atoms with van der Waals surface area (Å²) in [5.74, 6) is 0.908. The van der Waals surface area contributed by atoms with Crippen LogP contribution in [0.15, 0.2) is 77.9 Å². The molecule has 0 unspecified atom stereocenters. The molecule has 204 valence electrons. The topological polar surface area (TPSA) is 63.5 Å². The lowest BCUT2D eigenvalue weighted by atomic mass is 10.1. The Kier molecular flexibility index (Phi) is 7.44. The zero-order valence-electron chi connectivity index (χ0n) is 22.0. The number of aromatic nitrogens is 2. The van der Waals surface area contributed by atoms with E-state index < -0.39 is 12.8 Å². The highest BCUT2D eigenvalue weighted by atomic mass is 32.1. The van der Waals surface area contributed by atoms with Gasteiger partial charge in [-0.1, -0.05) is 36.4 Å². The number of halogens is 3. The Bertz CT molecular complexity index is 1720. The molecule has 2 N–H and O–H groups in total. The first-order valence-corrected chi connectivity index (χ1v) is 12.9. The molecule has 1 heterocycles. The molecule has 0 saturated carbocycles. The van der Waals surface area contributed by atoms with Crippen molar-refractivity contribution in [1.29, 1.82) is 0 Å². The molecule has 0 fully saturated rings. The Morgan fingerprint density at radius 2 is 1.73 bits per heavy atom. The molecule has 4 aromatic carbocycles. The van der Waals surface area contributed by atoms with Gasteiger partial charge in [0.05, 0.1) is 17.2 Å². The van der Waals surface area contributed by atoms with Crippen LogP contribution in [0.1, 0.15) is 22.5 Å². The molecule has 5 aromatic rings. The summed E-state index contributed by atoms with van der Waals surface area (Å²) in [6, 6.07) is 22.5. The van der Waals surface area contributed by atoms with Gasteiger partial charge in [-0.25, -0.2) is 4.98 Å². The van der Waals surface area contributed by atoms with Crippen molar-refractivity contribution >= 4 is 51.0 Å². The number of anilines is 1. The number of thiocarbonyl (C=S) groups is 1. The number of imidazole rings is 1. The third kappa shape index (κ3) is 5.91. The fraction of sp³-hybridized carbons (Fsp3) is 0.167. The zero-order valence-corrected chi connectivity index (χ0v) is 22.8. The van der Waals surface area contributed by atoms with Crippen LogP contribution in [-0.4, -0.2) is 33.7 Å². The maximum absolute atomic E-state index is 12.5. The van der Waals surface area contributed by atoms with Crippen LogP contribution in [0.5, 0.6) is 5.75 Å². The number of hydrogen-bond acceptors (Lipinski definition) is 4. The molecule has 0 atom stereocenters. The second-order valence-corrected chi connectivity index (χ2v) is 9.81. The predicted octanol–water partition coefficient (Wildman–Crippen LogP) is 7.37. The van der Waals surface area contributed by atoms with Gasteiger partial charge in [-0.05, 0) is 91.5 Å². The van der Waals surface area contributed by atoms with Crippen molar-refractivity contribution < 1.29 is 17.9 Å². The number of hydrogen-bond donors (Lipinski definition) is 2. The summed E-state index contributed by atoms with van der Waals surface area (Å²) in [5.41, 5.74) is 9.41. The van der Waals surface area contributed by atoms with E-state index in [4.69, 9.17) is 21.9 Å². The molecule has 1 aromatic heterocycles. The Morgan fingerprint density at radius 1 is 1.00 bits per heavy atom. The van der Waals surface area contributed by atoms with Crippen LogP contribution in [0.25, 0.3) is 27.5 Å².